The maximum absolute atomic E-state index is 3.42. The third-order valence-corrected chi connectivity index (χ3v) is 3.21. The van der Waals surface area contributed by atoms with Crippen molar-refractivity contribution in [3.8, 4) is 11.5 Å². The summed E-state index contributed by atoms with van der Waals surface area (Å²) in [6.07, 6.45) is 0. The molecule has 2 heteroatoms. The zero-order valence-corrected chi connectivity index (χ0v) is 11.5. The molecule has 0 saturated carbocycles. The fraction of sp³-hybridized carbons (Fsp3) is 0.333. The van der Waals surface area contributed by atoms with E-state index in [4.69, 9.17) is 0 Å². The Morgan fingerprint density at radius 3 is 2.14 bits per heavy atom. The van der Waals surface area contributed by atoms with Crippen LogP contribution in [-0.2, 0) is 5.33 Å². The summed E-state index contributed by atoms with van der Waals surface area (Å²) in [6, 6.07) is 8.40. The standard InChI is InChI=1S/C12H15BrSi/c1-14(2,3)9-8-11-4-6-12(10-13)7-5-11/h4-7H,10H2,1-3H3. The molecule has 0 atom stereocenters. The van der Waals surface area contributed by atoms with Crippen LogP contribution in [0, 0.1) is 11.5 Å². The molecule has 0 aromatic heterocycles. The van der Waals surface area contributed by atoms with Gasteiger partial charge in [0.15, 0.2) is 0 Å². The van der Waals surface area contributed by atoms with Gasteiger partial charge in [-0.2, -0.15) is 0 Å². The van der Waals surface area contributed by atoms with Crippen molar-refractivity contribution >= 4 is 24.0 Å². The summed E-state index contributed by atoms with van der Waals surface area (Å²) in [5, 5.41) is 0.911. The van der Waals surface area contributed by atoms with Gasteiger partial charge in [-0.05, 0) is 17.7 Å². The van der Waals surface area contributed by atoms with Gasteiger partial charge in [-0.1, -0.05) is 53.6 Å². The molecule has 1 rings (SSSR count). The maximum Gasteiger partial charge on any atom is 0.129 e. The van der Waals surface area contributed by atoms with Crippen molar-refractivity contribution < 1.29 is 0 Å². The van der Waals surface area contributed by atoms with Crippen molar-refractivity contribution in [3.05, 3.63) is 35.4 Å². The molecule has 0 aliphatic carbocycles. The molecule has 1 aromatic rings. The molecule has 0 nitrogen and oxygen atoms in total. The lowest BCUT2D eigenvalue weighted by Crippen LogP contribution is -2.16. The third-order valence-electron chi connectivity index (χ3n) is 1.69. The van der Waals surface area contributed by atoms with E-state index in [1.54, 1.807) is 0 Å². The van der Waals surface area contributed by atoms with E-state index < -0.39 is 8.07 Å². The van der Waals surface area contributed by atoms with Crippen molar-refractivity contribution in [2.24, 2.45) is 0 Å². The van der Waals surface area contributed by atoms with Crippen LogP contribution in [0.1, 0.15) is 11.1 Å². The van der Waals surface area contributed by atoms with Gasteiger partial charge in [0.2, 0.25) is 0 Å². The lowest BCUT2D eigenvalue weighted by atomic mass is 10.2. The first-order valence-electron chi connectivity index (χ1n) is 4.69. The highest BCUT2D eigenvalue weighted by Crippen LogP contribution is 2.07. The van der Waals surface area contributed by atoms with Crippen molar-refractivity contribution in [3.63, 3.8) is 0 Å². The summed E-state index contributed by atoms with van der Waals surface area (Å²) in [6.45, 7) is 6.77. The number of rotatable bonds is 1. The highest BCUT2D eigenvalue weighted by molar-refractivity contribution is 9.08. The van der Waals surface area contributed by atoms with Crippen LogP contribution in [0.4, 0.5) is 0 Å². The van der Waals surface area contributed by atoms with E-state index in [0.29, 0.717) is 0 Å². The average molecular weight is 267 g/mol. The van der Waals surface area contributed by atoms with Crippen LogP contribution in [0.25, 0.3) is 0 Å². The molecule has 0 bridgehead atoms. The minimum Gasteiger partial charge on any atom is -0.127 e. The zero-order chi connectivity index (χ0) is 10.6. The Morgan fingerprint density at radius 1 is 1.14 bits per heavy atom. The molecule has 0 radical (unpaired) electrons. The Balaban J connectivity index is 2.82. The van der Waals surface area contributed by atoms with Crippen LogP contribution < -0.4 is 0 Å². The van der Waals surface area contributed by atoms with E-state index in [-0.39, 0.29) is 0 Å². The van der Waals surface area contributed by atoms with Gasteiger partial charge in [0, 0.05) is 10.9 Å². The van der Waals surface area contributed by atoms with Gasteiger partial charge >= 0.3 is 0 Å². The Labute approximate surface area is 95.9 Å². The number of hydrogen-bond donors (Lipinski definition) is 0. The molecule has 0 saturated heterocycles. The zero-order valence-electron chi connectivity index (χ0n) is 8.89. The second-order valence-corrected chi connectivity index (χ2v) is 9.64. The molecule has 0 N–H and O–H groups in total. The normalized spacial score (nSPS) is 10.6. The van der Waals surface area contributed by atoms with E-state index in [1.807, 2.05) is 0 Å². The lowest BCUT2D eigenvalue weighted by molar-refractivity contribution is 1.43. The Bertz CT molecular complexity index is 349. The second-order valence-electron chi connectivity index (χ2n) is 4.33. The van der Waals surface area contributed by atoms with Crippen molar-refractivity contribution in [1.29, 1.82) is 0 Å². The Hall–Kier alpha value is -0.523. The summed E-state index contributed by atoms with van der Waals surface area (Å²) >= 11 is 3.42. The fourth-order valence-electron chi connectivity index (χ4n) is 0.937. The first-order valence-corrected chi connectivity index (χ1v) is 9.31. The number of benzene rings is 1. The third kappa shape index (κ3) is 4.12. The van der Waals surface area contributed by atoms with Crippen LogP contribution in [0.2, 0.25) is 19.6 Å². The maximum atomic E-state index is 3.42. The van der Waals surface area contributed by atoms with E-state index in [9.17, 15) is 0 Å². The summed E-state index contributed by atoms with van der Waals surface area (Å²) in [7, 11) is -1.23. The monoisotopic (exact) mass is 266 g/mol. The molecule has 0 aliphatic rings. The number of halogens is 1. The van der Waals surface area contributed by atoms with Crippen LogP contribution in [-0.4, -0.2) is 8.07 Å². The predicted octanol–water partition coefficient (Wildman–Crippen LogP) is 3.81. The van der Waals surface area contributed by atoms with Gasteiger partial charge in [0.25, 0.3) is 0 Å². The first kappa shape index (κ1) is 11.6. The summed E-state index contributed by atoms with van der Waals surface area (Å²) in [4.78, 5) is 0. The van der Waals surface area contributed by atoms with E-state index >= 15 is 0 Å². The smallest absolute Gasteiger partial charge is 0.127 e. The topological polar surface area (TPSA) is 0 Å². The minimum absolute atomic E-state index is 0.911. The van der Waals surface area contributed by atoms with Crippen LogP contribution in [0.3, 0.4) is 0 Å². The summed E-state index contributed by atoms with van der Waals surface area (Å²) < 4.78 is 0. The molecule has 0 unspecified atom stereocenters. The molecule has 0 heterocycles. The molecule has 1 aromatic carbocycles. The lowest BCUT2D eigenvalue weighted by Gasteiger charge is -2.03. The van der Waals surface area contributed by atoms with Gasteiger partial charge in [-0.3, -0.25) is 0 Å². The minimum atomic E-state index is -1.23. The molecule has 0 aliphatic heterocycles. The first-order chi connectivity index (χ1) is 6.51. The highest BCUT2D eigenvalue weighted by Gasteiger charge is 2.07. The van der Waals surface area contributed by atoms with Gasteiger partial charge in [0.1, 0.15) is 8.07 Å². The van der Waals surface area contributed by atoms with E-state index in [1.165, 1.54) is 5.56 Å². The predicted molar refractivity (Wildman–Crippen MR) is 69.3 cm³/mol. The van der Waals surface area contributed by atoms with Crippen molar-refractivity contribution in [1.82, 2.24) is 0 Å². The van der Waals surface area contributed by atoms with E-state index in [2.05, 4.69) is 71.3 Å². The van der Waals surface area contributed by atoms with Gasteiger partial charge in [-0.15, -0.1) is 5.54 Å². The van der Waals surface area contributed by atoms with Gasteiger partial charge < -0.3 is 0 Å². The molecule has 74 valence electrons. The molecule has 0 spiro atoms. The molecule has 0 amide bonds. The van der Waals surface area contributed by atoms with Gasteiger partial charge in [-0.25, -0.2) is 0 Å². The Morgan fingerprint density at radius 2 is 1.71 bits per heavy atom. The molecular weight excluding hydrogens is 252 g/mol. The SMILES string of the molecule is C[Si](C)(C)C#Cc1ccc(CBr)cc1. The average Bonchev–Trinajstić information content (AvgIpc) is 2.14. The van der Waals surface area contributed by atoms with Crippen LogP contribution >= 0.6 is 15.9 Å². The largest absolute Gasteiger partial charge is 0.129 e. The van der Waals surface area contributed by atoms with Gasteiger partial charge in [0.05, 0.1) is 0 Å². The van der Waals surface area contributed by atoms with Crippen molar-refractivity contribution in [2.75, 3.05) is 0 Å². The number of alkyl halides is 1. The molecular formula is C12H15BrSi. The van der Waals surface area contributed by atoms with E-state index in [0.717, 1.165) is 10.9 Å². The highest BCUT2D eigenvalue weighted by atomic mass is 79.9. The summed E-state index contributed by atoms with van der Waals surface area (Å²) in [5.74, 6) is 3.23. The fourth-order valence-corrected chi connectivity index (χ4v) is 1.83. The molecule has 14 heavy (non-hydrogen) atoms. The number of hydrogen-bond acceptors (Lipinski definition) is 0. The summed E-state index contributed by atoms with van der Waals surface area (Å²) in [5.41, 5.74) is 5.77. The van der Waals surface area contributed by atoms with Crippen molar-refractivity contribution in [2.45, 2.75) is 25.0 Å². The van der Waals surface area contributed by atoms with Crippen LogP contribution in [0.5, 0.6) is 0 Å². The quantitative estimate of drug-likeness (QED) is 0.412. The second kappa shape index (κ2) is 4.81. The van der Waals surface area contributed by atoms with Crippen LogP contribution in [0.15, 0.2) is 24.3 Å². The Kier molecular flexibility index (Phi) is 3.97. The molecule has 0 fully saturated rings.